The van der Waals surface area contributed by atoms with Crippen LogP contribution in [0.3, 0.4) is 0 Å². The molecule has 1 N–H and O–H groups in total. The van der Waals surface area contributed by atoms with Gasteiger partial charge in [-0.1, -0.05) is 0 Å². The number of amides is 1. The monoisotopic (exact) mass is 352 g/mol. The summed E-state index contributed by atoms with van der Waals surface area (Å²) in [5.74, 6) is 0.875. The van der Waals surface area contributed by atoms with Crippen LogP contribution in [-0.4, -0.2) is 44.1 Å². The second kappa shape index (κ2) is 5.97. The normalized spacial score (nSPS) is 20.8. The van der Waals surface area contributed by atoms with Crippen molar-refractivity contribution in [1.82, 2.24) is 10.2 Å². The van der Waals surface area contributed by atoms with Crippen molar-refractivity contribution < 1.29 is 9.53 Å². The van der Waals surface area contributed by atoms with E-state index in [1.54, 1.807) is 7.11 Å². The number of piperidine rings is 1. The number of nitrogens with zero attached hydrogens (tertiary/aromatic N) is 1. The van der Waals surface area contributed by atoms with Crippen molar-refractivity contribution in [1.29, 1.82) is 0 Å². The lowest BCUT2D eigenvalue weighted by Crippen LogP contribution is -2.44. The predicted octanol–water partition coefficient (Wildman–Crippen LogP) is 2.67. The minimum Gasteiger partial charge on any atom is -0.496 e. The SMILES string of the molecule is COc1ccc(C(=O)N2CCC3(CCNC3)CC2)cc1Br. The van der Waals surface area contributed by atoms with E-state index in [9.17, 15) is 4.79 Å². The number of nitrogens with one attached hydrogen (secondary N) is 1. The van der Waals surface area contributed by atoms with Gasteiger partial charge >= 0.3 is 0 Å². The molecule has 1 aromatic carbocycles. The average molecular weight is 353 g/mol. The molecule has 0 atom stereocenters. The molecule has 0 radical (unpaired) electrons. The van der Waals surface area contributed by atoms with Gasteiger partial charge in [-0.25, -0.2) is 0 Å². The van der Waals surface area contributed by atoms with Crippen LogP contribution in [0.15, 0.2) is 22.7 Å². The van der Waals surface area contributed by atoms with Gasteiger partial charge in [-0.05, 0) is 65.4 Å². The first-order valence-corrected chi connectivity index (χ1v) is 8.26. The second-order valence-corrected chi connectivity index (χ2v) is 6.92. The molecule has 2 fully saturated rings. The zero-order chi connectivity index (χ0) is 14.9. The fraction of sp³-hybridized carbons (Fsp3) is 0.562. The van der Waals surface area contributed by atoms with Gasteiger partial charge in [0.2, 0.25) is 0 Å². The Kier molecular flexibility index (Phi) is 4.22. The third kappa shape index (κ3) is 2.94. The molecule has 0 bridgehead atoms. The number of hydrogen-bond acceptors (Lipinski definition) is 3. The molecule has 0 unspecified atom stereocenters. The summed E-state index contributed by atoms with van der Waals surface area (Å²) >= 11 is 3.44. The van der Waals surface area contributed by atoms with Crippen molar-refractivity contribution in [2.75, 3.05) is 33.3 Å². The van der Waals surface area contributed by atoms with Gasteiger partial charge in [-0.15, -0.1) is 0 Å². The molecule has 0 aromatic heterocycles. The molecule has 3 rings (SSSR count). The maximum atomic E-state index is 12.6. The van der Waals surface area contributed by atoms with Crippen molar-refractivity contribution in [3.63, 3.8) is 0 Å². The number of likely N-dealkylation sites (tertiary alicyclic amines) is 1. The van der Waals surface area contributed by atoms with Crippen molar-refractivity contribution in [3.05, 3.63) is 28.2 Å². The van der Waals surface area contributed by atoms with E-state index in [2.05, 4.69) is 21.2 Å². The van der Waals surface area contributed by atoms with E-state index in [0.29, 0.717) is 5.41 Å². The molecule has 5 heteroatoms. The molecule has 2 aliphatic rings. The number of hydrogen-bond donors (Lipinski definition) is 1. The third-order valence-electron chi connectivity index (χ3n) is 4.84. The second-order valence-electron chi connectivity index (χ2n) is 6.07. The molecule has 1 spiro atoms. The minimum absolute atomic E-state index is 0.124. The molecule has 1 amide bonds. The molecule has 0 aliphatic carbocycles. The maximum absolute atomic E-state index is 12.6. The first-order chi connectivity index (χ1) is 10.1. The lowest BCUT2D eigenvalue weighted by Gasteiger charge is -2.39. The highest BCUT2D eigenvalue weighted by molar-refractivity contribution is 9.10. The van der Waals surface area contributed by atoms with Crippen molar-refractivity contribution in [2.45, 2.75) is 19.3 Å². The highest BCUT2D eigenvalue weighted by Gasteiger charge is 2.38. The van der Waals surface area contributed by atoms with E-state index in [0.717, 1.165) is 54.8 Å². The Balaban J connectivity index is 1.67. The summed E-state index contributed by atoms with van der Waals surface area (Å²) in [6, 6.07) is 5.53. The quantitative estimate of drug-likeness (QED) is 0.889. The lowest BCUT2D eigenvalue weighted by molar-refractivity contribution is 0.0607. The largest absolute Gasteiger partial charge is 0.496 e. The fourth-order valence-corrected chi connectivity index (χ4v) is 3.93. The summed E-state index contributed by atoms with van der Waals surface area (Å²) in [6.45, 7) is 3.97. The smallest absolute Gasteiger partial charge is 0.253 e. The van der Waals surface area contributed by atoms with Gasteiger partial charge in [-0.2, -0.15) is 0 Å². The van der Waals surface area contributed by atoms with Gasteiger partial charge in [-0.3, -0.25) is 4.79 Å². The van der Waals surface area contributed by atoms with E-state index in [-0.39, 0.29) is 5.91 Å². The van der Waals surface area contributed by atoms with Crippen LogP contribution in [0.4, 0.5) is 0 Å². The van der Waals surface area contributed by atoms with Gasteiger partial charge in [0.25, 0.3) is 5.91 Å². The van der Waals surface area contributed by atoms with Crippen LogP contribution in [0.1, 0.15) is 29.6 Å². The summed E-state index contributed by atoms with van der Waals surface area (Å²) in [5.41, 5.74) is 1.17. The van der Waals surface area contributed by atoms with Gasteiger partial charge < -0.3 is 15.0 Å². The average Bonchev–Trinajstić information content (AvgIpc) is 2.95. The number of ether oxygens (including phenoxy) is 1. The van der Waals surface area contributed by atoms with Crippen LogP contribution in [0.25, 0.3) is 0 Å². The minimum atomic E-state index is 0.124. The van der Waals surface area contributed by atoms with E-state index in [1.807, 2.05) is 23.1 Å². The molecule has 1 aromatic rings. The molecule has 21 heavy (non-hydrogen) atoms. The third-order valence-corrected chi connectivity index (χ3v) is 5.46. The molecule has 2 aliphatic heterocycles. The van der Waals surface area contributed by atoms with Crippen molar-refractivity contribution >= 4 is 21.8 Å². The Morgan fingerprint density at radius 3 is 2.67 bits per heavy atom. The number of rotatable bonds is 2. The molecular weight excluding hydrogens is 332 g/mol. The standard InChI is InChI=1S/C16H21BrN2O2/c1-21-14-3-2-12(10-13(14)17)15(20)19-8-5-16(6-9-19)4-7-18-11-16/h2-3,10,18H,4-9,11H2,1H3. The Morgan fingerprint density at radius 2 is 2.10 bits per heavy atom. The first kappa shape index (κ1) is 14.9. The zero-order valence-electron chi connectivity index (χ0n) is 12.3. The summed E-state index contributed by atoms with van der Waals surface area (Å²) in [7, 11) is 1.63. The Bertz CT molecular complexity index is 531. The van der Waals surface area contributed by atoms with Crippen LogP contribution in [0.5, 0.6) is 5.75 Å². The van der Waals surface area contributed by atoms with Crippen LogP contribution in [0, 0.1) is 5.41 Å². The predicted molar refractivity (Wildman–Crippen MR) is 85.8 cm³/mol. The van der Waals surface area contributed by atoms with Crippen LogP contribution in [-0.2, 0) is 0 Å². The lowest BCUT2D eigenvalue weighted by atomic mass is 9.78. The first-order valence-electron chi connectivity index (χ1n) is 7.47. The summed E-state index contributed by atoms with van der Waals surface area (Å²) in [6.07, 6.45) is 3.48. The van der Waals surface area contributed by atoms with Crippen LogP contribution >= 0.6 is 15.9 Å². The molecule has 4 nitrogen and oxygen atoms in total. The number of halogens is 1. The van der Waals surface area contributed by atoms with Crippen molar-refractivity contribution in [2.24, 2.45) is 5.41 Å². The molecule has 114 valence electrons. The van der Waals surface area contributed by atoms with Crippen LogP contribution < -0.4 is 10.1 Å². The summed E-state index contributed by atoms with van der Waals surface area (Å²) < 4.78 is 6.03. The molecular formula is C16H21BrN2O2. The van der Waals surface area contributed by atoms with Gasteiger partial charge in [0.05, 0.1) is 11.6 Å². The van der Waals surface area contributed by atoms with E-state index >= 15 is 0 Å². The van der Waals surface area contributed by atoms with E-state index < -0.39 is 0 Å². The van der Waals surface area contributed by atoms with Crippen molar-refractivity contribution in [3.8, 4) is 5.75 Å². The topological polar surface area (TPSA) is 41.6 Å². The highest BCUT2D eigenvalue weighted by Crippen LogP contribution is 2.37. The van der Waals surface area contributed by atoms with Crippen LogP contribution in [0.2, 0.25) is 0 Å². The number of methoxy groups -OCH3 is 1. The molecule has 2 heterocycles. The fourth-order valence-electron chi connectivity index (χ4n) is 3.39. The zero-order valence-corrected chi connectivity index (χ0v) is 13.9. The summed E-state index contributed by atoms with van der Waals surface area (Å²) in [4.78, 5) is 14.6. The Morgan fingerprint density at radius 1 is 1.33 bits per heavy atom. The Labute approximate surface area is 134 Å². The van der Waals surface area contributed by atoms with Gasteiger partial charge in [0.15, 0.2) is 0 Å². The van der Waals surface area contributed by atoms with Gasteiger partial charge in [0.1, 0.15) is 5.75 Å². The molecule has 0 saturated carbocycles. The van der Waals surface area contributed by atoms with E-state index in [4.69, 9.17) is 4.74 Å². The maximum Gasteiger partial charge on any atom is 0.253 e. The molecule has 2 saturated heterocycles. The highest BCUT2D eigenvalue weighted by atomic mass is 79.9. The van der Waals surface area contributed by atoms with E-state index in [1.165, 1.54) is 6.42 Å². The number of benzene rings is 1. The van der Waals surface area contributed by atoms with Gasteiger partial charge in [0, 0.05) is 25.2 Å². The summed E-state index contributed by atoms with van der Waals surface area (Å²) in [5, 5.41) is 3.46. The number of carbonyl (C=O) groups is 1. The Hall–Kier alpha value is -1.07. The number of carbonyl (C=O) groups excluding carboxylic acids is 1.